The highest BCUT2D eigenvalue weighted by atomic mass is 16.2. The molecule has 1 aliphatic carbocycles. The highest BCUT2D eigenvalue weighted by molar-refractivity contribution is 5.77. The van der Waals surface area contributed by atoms with Crippen LogP contribution in [0.2, 0.25) is 0 Å². The number of carbonyl (C=O) groups excluding carboxylic acids is 1. The van der Waals surface area contributed by atoms with Crippen molar-refractivity contribution in [2.45, 2.75) is 45.1 Å². The second-order valence-corrected chi connectivity index (χ2v) is 4.23. The molecule has 1 heterocycles. The summed E-state index contributed by atoms with van der Waals surface area (Å²) >= 11 is 0. The number of hydrogen-bond acceptors (Lipinski definition) is 1. The first-order chi connectivity index (χ1) is 5.77. The van der Waals surface area contributed by atoms with Crippen molar-refractivity contribution in [2.75, 3.05) is 6.54 Å². The summed E-state index contributed by atoms with van der Waals surface area (Å²) in [5.41, 5.74) is 0. The van der Waals surface area contributed by atoms with E-state index in [0.717, 1.165) is 18.9 Å². The maximum atomic E-state index is 11.6. The van der Waals surface area contributed by atoms with E-state index < -0.39 is 0 Å². The predicted molar refractivity (Wildman–Crippen MR) is 47.8 cm³/mol. The minimum atomic E-state index is 0.405. The molecule has 2 heteroatoms. The fourth-order valence-corrected chi connectivity index (χ4v) is 1.99. The number of amides is 1. The van der Waals surface area contributed by atoms with Gasteiger partial charge < -0.3 is 4.90 Å². The van der Waals surface area contributed by atoms with Gasteiger partial charge in [0.05, 0.1) is 0 Å². The fourth-order valence-electron chi connectivity index (χ4n) is 1.99. The Hall–Kier alpha value is -0.530. The topological polar surface area (TPSA) is 20.3 Å². The Bertz CT molecular complexity index is 186. The van der Waals surface area contributed by atoms with Crippen LogP contribution in [0.5, 0.6) is 0 Å². The van der Waals surface area contributed by atoms with Crippen LogP contribution in [0.4, 0.5) is 0 Å². The third kappa shape index (κ3) is 1.62. The number of hydrogen-bond donors (Lipinski definition) is 0. The fraction of sp³-hybridized carbons (Fsp3) is 0.900. The Labute approximate surface area is 73.9 Å². The summed E-state index contributed by atoms with van der Waals surface area (Å²) in [7, 11) is 0. The summed E-state index contributed by atoms with van der Waals surface area (Å²) in [6.45, 7) is 3.17. The third-order valence-electron chi connectivity index (χ3n) is 3.03. The molecule has 0 spiro atoms. The van der Waals surface area contributed by atoms with E-state index in [1.165, 1.54) is 25.7 Å². The molecule has 0 aromatic rings. The van der Waals surface area contributed by atoms with Crippen molar-refractivity contribution in [3.63, 3.8) is 0 Å². The molecule has 1 unspecified atom stereocenters. The van der Waals surface area contributed by atoms with Gasteiger partial charge in [0.2, 0.25) is 5.91 Å². The Morgan fingerprint density at radius 2 is 2.17 bits per heavy atom. The van der Waals surface area contributed by atoms with E-state index in [9.17, 15) is 4.79 Å². The van der Waals surface area contributed by atoms with Crippen molar-refractivity contribution in [3.05, 3.63) is 0 Å². The van der Waals surface area contributed by atoms with E-state index in [2.05, 4.69) is 11.8 Å². The third-order valence-corrected chi connectivity index (χ3v) is 3.03. The number of likely N-dealkylation sites (tertiary alicyclic amines) is 1. The molecule has 2 aliphatic rings. The largest absolute Gasteiger partial charge is 0.340 e. The van der Waals surface area contributed by atoms with Crippen LogP contribution in [-0.4, -0.2) is 23.4 Å². The highest BCUT2D eigenvalue weighted by Crippen LogP contribution is 2.33. The summed E-state index contributed by atoms with van der Waals surface area (Å²) in [6, 6.07) is 0.510. The van der Waals surface area contributed by atoms with Crippen LogP contribution >= 0.6 is 0 Å². The Morgan fingerprint density at radius 3 is 2.67 bits per heavy atom. The van der Waals surface area contributed by atoms with E-state index >= 15 is 0 Å². The first-order valence-electron chi connectivity index (χ1n) is 5.07. The Morgan fingerprint density at radius 1 is 1.42 bits per heavy atom. The molecule has 1 amide bonds. The first-order valence-corrected chi connectivity index (χ1v) is 5.07. The molecule has 1 aliphatic heterocycles. The van der Waals surface area contributed by atoms with E-state index in [0.29, 0.717) is 11.9 Å². The highest BCUT2D eigenvalue weighted by Gasteiger charge is 2.30. The average molecular weight is 167 g/mol. The van der Waals surface area contributed by atoms with Gasteiger partial charge in [0.1, 0.15) is 0 Å². The molecule has 2 nitrogen and oxygen atoms in total. The lowest BCUT2D eigenvalue weighted by molar-refractivity contribution is -0.132. The van der Waals surface area contributed by atoms with E-state index in [1.54, 1.807) is 0 Å². The molecule has 2 rings (SSSR count). The maximum Gasteiger partial charge on any atom is 0.223 e. The van der Waals surface area contributed by atoms with Gasteiger partial charge in [0.25, 0.3) is 0 Å². The maximum absolute atomic E-state index is 11.6. The van der Waals surface area contributed by atoms with E-state index in [1.807, 2.05) is 0 Å². The molecular formula is C10H17NO. The van der Waals surface area contributed by atoms with Gasteiger partial charge in [-0.25, -0.2) is 0 Å². The Balaban J connectivity index is 1.84. The summed E-state index contributed by atoms with van der Waals surface area (Å²) in [6.07, 6.45) is 5.81. The second kappa shape index (κ2) is 3.08. The number of nitrogens with zero attached hydrogens (tertiary/aromatic N) is 1. The van der Waals surface area contributed by atoms with Crippen LogP contribution in [0.15, 0.2) is 0 Å². The summed E-state index contributed by atoms with van der Waals surface area (Å²) in [5, 5.41) is 0. The van der Waals surface area contributed by atoms with Crippen LogP contribution in [0.3, 0.4) is 0 Å². The zero-order valence-electron chi connectivity index (χ0n) is 7.75. The molecule has 0 radical (unpaired) electrons. The van der Waals surface area contributed by atoms with E-state index in [4.69, 9.17) is 0 Å². The zero-order chi connectivity index (χ0) is 8.55. The molecule has 1 saturated heterocycles. The normalized spacial score (nSPS) is 29.4. The first kappa shape index (κ1) is 8.09. The zero-order valence-corrected chi connectivity index (χ0v) is 7.75. The summed E-state index contributed by atoms with van der Waals surface area (Å²) in [5.74, 6) is 1.15. The predicted octanol–water partition coefficient (Wildman–Crippen LogP) is 1.80. The molecule has 0 aromatic heterocycles. The van der Waals surface area contributed by atoms with Crippen molar-refractivity contribution in [1.29, 1.82) is 0 Å². The quantitative estimate of drug-likeness (QED) is 0.614. The lowest BCUT2D eigenvalue weighted by Gasteiger charge is -2.21. The monoisotopic (exact) mass is 167 g/mol. The minimum absolute atomic E-state index is 0.405. The molecule has 0 aromatic carbocycles. The minimum Gasteiger partial charge on any atom is -0.340 e. The molecular weight excluding hydrogens is 150 g/mol. The van der Waals surface area contributed by atoms with Crippen LogP contribution in [0.1, 0.15) is 39.0 Å². The van der Waals surface area contributed by atoms with Gasteiger partial charge >= 0.3 is 0 Å². The van der Waals surface area contributed by atoms with Gasteiger partial charge in [-0.2, -0.15) is 0 Å². The van der Waals surface area contributed by atoms with Crippen LogP contribution in [0, 0.1) is 5.92 Å². The van der Waals surface area contributed by atoms with Gasteiger partial charge in [0, 0.05) is 19.0 Å². The summed E-state index contributed by atoms with van der Waals surface area (Å²) in [4.78, 5) is 13.7. The molecule has 1 atom stereocenters. The summed E-state index contributed by atoms with van der Waals surface area (Å²) < 4.78 is 0. The van der Waals surface area contributed by atoms with Gasteiger partial charge in [-0.15, -0.1) is 0 Å². The van der Waals surface area contributed by atoms with E-state index in [-0.39, 0.29) is 0 Å². The van der Waals surface area contributed by atoms with Crippen LogP contribution in [0.25, 0.3) is 0 Å². The Kier molecular flexibility index (Phi) is 2.07. The smallest absolute Gasteiger partial charge is 0.223 e. The molecule has 68 valence electrons. The van der Waals surface area contributed by atoms with Crippen molar-refractivity contribution in [3.8, 4) is 0 Å². The van der Waals surface area contributed by atoms with Gasteiger partial charge in [-0.3, -0.25) is 4.79 Å². The molecule has 12 heavy (non-hydrogen) atoms. The molecule has 0 bridgehead atoms. The number of rotatable bonds is 2. The van der Waals surface area contributed by atoms with Gasteiger partial charge in [0.15, 0.2) is 0 Å². The number of carbonyl (C=O) groups is 1. The van der Waals surface area contributed by atoms with Crippen molar-refractivity contribution >= 4 is 5.91 Å². The van der Waals surface area contributed by atoms with Crippen LogP contribution in [-0.2, 0) is 4.79 Å². The molecule has 0 N–H and O–H groups in total. The van der Waals surface area contributed by atoms with Crippen molar-refractivity contribution < 1.29 is 4.79 Å². The van der Waals surface area contributed by atoms with Crippen molar-refractivity contribution in [1.82, 2.24) is 4.90 Å². The molecule has 2 fully saturated rings. The lowest BCUT2D eigenvalue weighted by Crippen LogP contribution is -2.33. The second-order valence-electron chi connectivity index (χ2n) is 4.23. The average Bonchev–Trinajstić information content (AvgIpc) is 2.72. The molecule has 1 saturated carbocycles. The van der Waals surface area contributed by atoms with Crippen molar-refractivity contribution in [2.24, 2.45) is 5.92 Å². The standard InChI is InChI=1S/C10H17NO/c1-8-3-2-6-11(8)10(12)7-9-4-5-9/h8-9H,2-7H2,1H3. The SMILES string of the molecule is CC1CCCN1C(=O)CC1CC1. The van der Waals surface area contributed by atoms with Gasteiger partial charge in [-0.05, 0) is 38.5 Å². The van der Waals surface area contributed by atoms with Crippen LogP contribution < -0.4 is 0 Å². The van der Waals surface area contributed by atoms with Gasteiger partial charge in [-0.1, -0.05) is 0 Å². The lowest BCUT2D eigenvalue weighted by atomic mass is 10.2.